The van der Waals surface area contributed by atoms with Crippen molar-refractivity contribution in [3.05, 3.63) is 10.6 Å². The first-order valence-electron chi connectivity index (χ1n) is 5.62. The van der Waals surface area contributed by atoms with Gasteiger partial charge in [0.15, 0.2) is 0 Å². The van der Waals surface area contributed by atoms with E-state index in [1.165, 1.54) is 5.54 Å². The number of aliphatic hydroxyl groups is 1. The zero-order valence-corrected chi connectivity index (χ0v) is 11.4. The number of hydrogen-bond acceptors (Lipinski definition) is 3. The third-order valence-electron chi connectivity index (χ3n) is 2.76. The minimum Gasteiger partial charge on any atom is -0.393 e. The lowest BCUT2D eigenvalue weighted by Gasteiger charge is -2.31. The zero-order valence-electron chi connectivity index (χ0n) is 9.90. The number of carbonyl (C=O) groups is 1. The highest BCUT2D eigenvalue weighted by Gasteiger charge is 2.21. The average molecular weight is 281 g/mol. The van der Waals surface area contributed by atoms with E-state index in [0.29, 0.717) is 44.1 Å². The fourth-order valence-corrected chi connectivity index (χ4v) is 2.07. The Morgan fingerprint density at radius 2 is 2.06 bits per heavy atom. The van der Waals surface area contributed by atoms with Gasteiger partial charge in [0.2, 0.25) is 5.91 Å². The highest BCUT2D eigenvalue weighted by atomic mass is 35.5. The van der Waals surface area contributed by atoms with Crippen molar-refractivity contribution in [2.75, 3.05) is 33.2 Å². The van der Waals surface area contributed by atoms with Gasteiger partial charge in [-0.05, 0) is 19.9 Å². The fraction of sp³-hybridized carbons (Fsp3) is 0.727. The molecular weight excluding hydrogens is 263 g/mol. The second-order valence-electron chi connectivity index (χ2n) is 4.34. The van der Waals surface area contributed by atoms with Crippen molar-refractivity contribution in [2.24, 2.45) is 0 Å². The van der Waals surface area contributed by atoms with E-state index in [9.17, 15) is 9.90 Å². The van der Waals surface area contributed by atoms with E-state index in [0.717, 1.165) is 0 Å². The van der Waals surface area contributed by atoms with Crippen LogP contribution in [0.5, 0.6) is 0 Å². The van der Waals surface area contributed by atoms with Crippen LogP contribution in [0.2, 0.25) is 0 Å². The van der Waals surface area contributed by atoms with E-state index in [4.69, 9.17) is 23.2 Å². The summed E-state index contributed by atoms with van der Waals surface area (Å²) in [4.78, 5) is 15.5. The largest absolute Gasteiger partial charge is 0.393 e. The molecule has 17 heavy (non-hydrogen) atoms. The Hall–Kier alpha value is -0.290. The van der Waals surface area contributed by atoms with Crippen LogP contribution >= 0.6 is 23.2 Å². The molecule has 0 radical (unpaired) electrons. The lowest BCUT2D eigenvalue weighted by molar-refractivity contribution is -0.133. The standard InChI is InChI=1S/C11H18Cl2N2O2/c1-14(7-9(13)6-12)8-11(17)15-4-2-10(16)3-5-15/h6,10,16H,2-5,7-8H2,1H3. The lowest BCUT2D eigenvalue weighted by atomic mass is 10.1. The second-order valence-corrected chi connectivity index (χ2v) is 5.04. The molecule has 1 N–H and O–H groups in total. The van der Waals surface area contributed by atoms with Crippen LogP contribution in [0.15, 0.2) is 10.6 Å². The number of rotatable bonds is 4. The van der Waals surface area contributed by atoms with Crippen molar-refractivity contribution in [3.8, 4) is 0 Å². The van der Waals surface area contributed by atoms with Gasteiger partial charge in [-0.2, -0.15) is 0 Å². The number of likely N-dealkylation sites (N-methyl/N-ethyl adjacent to an activating group) is 1. The highest BCUT2D eigenvalue weighted by molar-refractivity contribution is 6.36. The molecule has 0 spiro atoms. The summed E-state index contributed by atoms with van der Waals surface area (Å²) in [5.41, 5.74) is 1.31. The van der Waals surface area contributed by atoms with E-state index in [2.05, 4.69) is 0 Å². The summed E-state index contributed by atoms with van der Waals surface area (Å²) in [6, 6.07) is 0. The number of nitrogens with zero attached hydrogens (tertiary/aromatic N) is 2. The van der Waals surface area contributed by atoms with Crippen molar-refractivity contribution in [2.45, 2.75) is 18.9 Å². The van der Waals surface area contributed by atoms with Gasteiger partial charge >= 0.3 is 0 Å². The summed E-state index contributed by atoms with van der Waals surface area (Å²) in [5.74, 6) is 0.0680. The molecule has 0 aromatic rings. The Labute approximate surface area is 112 Å². The molecule has 1 heterocycles. The predicted octanol–water partition coefficient (Wildman–Crippen LogP) is 1.22. The molecule has 1 amide bonds. The summed E-state index contributed by atoms with van der Waals surface area (Å²) >= 11 is 11.2. The molecule has 1 fully saturated rings. The first-order valence-corrected chi connectivity index (χ1v) is 6.43. The van der Waals surface area contributed by atoms with E-state index in [1.807, 2.05) is 11.9 Å². The minimum atomic E-state index is -0.259. The van der Waals surface area contributed by atoms with Crippen molar-refractivity contribution in [3.63, 3.8) is 0 Å². The van der Waals surface area contributed by atoms with E-state index in [-0.39, 0.29) is 12.0 Å². The summed E-state index contributed by atoms with van der Waals surface area (Å²) in [7, 11) is 1.82. The van der Waals surface area contributed by atoms with Crippen LogP contribution in [0, 0.1) is 0 Å². The Morgan fingerprint density at radius 1 is 1.47 bits per heavy atom. The summed E-state index contributed by atoms with van der Waals surface area (Å²) < 4.78 is 0. The Kier molecular flexibility index (Phi) is 6.27. The van der Waals surface area contributed by atoms with Crippen LogP contribution < -0.4 is 0 Å². The normalized spacial score (nSPS) is 18.9. The van der Waals surface area contributed by atoms with Crippen molar-refractivity contribution >= 4 is 29.1 Å². The molecule has 0 aromatic carbocycles. The summed E-state index contributed by atoms with van der Waals surface area (Å²) in [6.07, 6.45) is 1.07. The molecule has 0 aromatic heterocycles. The van der Waals surface area contributed by atoms with Crippen LogP contribution in [-0.4, -0.2) is 60.1 Å². The topological polar surface area (TPSA) is 43.8 Å². The third-order valence-corrected chi connectivity index (χ3v) is 3.37. The van der Waals surface area contributed by atoms with Gasteiger partial charge in [-0.15, -0.1) is 0 Å². The Bertz CT molecular complexity index is 289. The van der Waals surface area contributed by atoms with E-state index >= 15 is 0 Å². The van der Waals surface area contributed by atoms with Crippen LogP contribution in [-0.2, 0) is 4.79 Å². The first kappa shape index (κ1) is 14.8. The van der Waals surface area contributed by atoms with Gasteiger partial charge in [-0.3, -0.25) is 9.69 Å². The van der Waals surface area contributed by atoms with Crippen LogP contribution in [0.25, 0.3) is 0 Å². The first-order chi connectivity index (χ1) is 8.02. The van der Waals surface area contributed by atoms with Crippen LogP contribution in [0.3, 0.4) is 0 Å². The zero-order chi connectivity index (χ0) is 12.8. The number of halogens is 2. The van der Waals surface area contributed by atoms with Crippen molar-refractivity contribution in [1.82, 2.24) is 9.80 Å². The Morgan fingerprint density at radius 3 is 2.59 bits per heavy atom. The third kappa shape index (κ3) is 5.25. The molecule has 1 saturated heterocycles. The maximum atomic E-state index is 11.9. The lowest BCUT2D eigenvalue weighted by Crippen LogP contribution is -2.44. The van der Waals surface area contributed by atoms with Crippen molar-refractivity contribution < 1.29 is 9.90 Å². The number of carbonyl (C=O) groups excluding carboxylic acids is 1. The smallest absolute Gasteiger partial charge is 0.236 e. The predicted molar refractivity (Wildman–Crippen MR) is 69.1 cm³/mol. The van der Waals surface area contributed by atoms with Gasteiger partial charge in [0, 0.05) is 30.2 Å². The summed E-state index contributed by atoms with van der Waals surface area (Å²) in [6.45, 7) is 2.05. The molecule has 0 unspecified atom stereocenters. The van der Waals surface area contributed by atoms with Crippen LogP contribution in [0.4, 0.5) is 0 Å². The van der Waals surface area contributed by atoms with E-state index < -0.39 is 0 Å². The number of aliphatic hydroxyl groups excluding tert-OH is 1. The number of hydrogen-bond donors (Lipinski definition) is 1. The molecule has 1 rings (SSSR count). The molecule has 0 saturated carbocycles. The molecule has 1 aliphatic heterocycles. The summed E-state index contributed by atoms with van der Waals surface area (Å²) in [5, 5.41) is 9.86. The fourth-order valence-electron chi connectivity index (χ4n) is 1.79. The minimum absolute atomic E-state index is 0.0680. The molecule has 98 valence electrons. The maximum Gasteiger partial charge on any atom is 0.236 e. The average Bonchev–Trinajstić information content (AvgIpc) is 2.29. The molecule has 0 aliphatic carbocycles. The molecule has 0 bridgehead atoms. The molecule has 0 atom stereocenters. The molecule has 6 heteroatoms. The van der Waals surface area contributed by atoms with Gasteiger partial charge in [0.1, 0.15) is 0 Å². The van der Waals surface area contributed by atoms with Gasteiger partial charge in [-0.25, -0.2) is 0 Å². The van der Waals surface area contributed by atoms with Crippen molar-refractivity contribution in [1.29, 1.82) is 0 Å². The number of amides is 1. The maximum absolute atomic E-state index is 11.9. The SMILES string of the molecule is CN(CC(=O)N1CCC(O)CC1)CC(Cl)=CCl. The molecule has 4 nitrogen and oxygen atoms in total. The monoisotopic (exact) mass is 280 g/mol. The van der Waals surface area contributed by atoms with Gasteiger partial charge in [0.25, 0.3) is 0 Å². The number of piperidine rings is 1. The van der Waals surface area contributed by atoms with Gasteiger partial charge in [0.05, 0.1) is 12.6 Å². The quantitative estimate of drug-likeness (QED) is 0.842. The highest BCUT2D eigenvalue weighted by Crippen LogP contribution is 2.11. The van der Waals surface area contributed by atoms with Crippen LogP contribution in [0.1, 0.15) is 12.8 Å². The Balaban J connectivity index is 2.33. The second kappa shape index (κ2) is 7.21. The van der Waals surface area contributed by atoms with E-state index in [1.54, 1.807) is 4.90 Å². The molecular formula is C11H18Cl2N2O2. The number of likely N-dealkylation sites (tertiary alicyclic amines) is 1. The molecule has 1 aliphatic rings. The van der Waals surface area contributed by atoms with Gasteiger partial charge in [-0.1, -0.05) is 23.2 Å². The van der Waals surface area contributed by atoms with Gasteiger partial charge < -0.3 is 10.0 Å².